The molecule has 0 aliphatic heterocycles. The van der Waals surface area contributed by atoms with Crippen LogP contribution >= 0.6 is 0 Å². The Morgan fingerprint density at radius 3 is 2.26 bits per heavy atom. The van der Waals surface area contributed by atoms with Gasteiger partial charge in [-0.15, -0.1) is 0 Å². The van der Waals surface area contributed by atoms with Crippen molar-refractivity contribution in [1.29, 1.82) is 0 Å². The number of amides is 1. The van der Waals surface area contributed by atoms with E-state index in [1.54, 1.807) is 36.3 Å². The molecule has 1 amide bonds. The van der Waals surface area contributed by atoms with Crippen LogP contribution < -0.4 is 4.74 Å². The van der Waals surface area contributed by atoms with E-state index in [0.29, 0.717) is 25.3 Å². The number of nitrogens with zero attached hydrogens (tertiary/aromatic N) is 1. The molecule has 0 radical (unpaired) electrons. The van der Waals surface area contributed by atoms with Gasteiger partial charge in [0.05, 0.1) is 26.2 Å². The third-order valence-electron chi connectivity index (χ3n) is 3.14. The smallest absolute Gasteiger partial charge is 0.307 e. The minimum Gasteiger partial charge on any atom is -0.491 e. The van der Waals surface area contributed by atoms with Gasteiger partial charge in [0.1, 0.15) is 5.75 Å². The molecule has 0 fully saturated rings. The van der Waals surface area contributed by atoms with Crippen molar-refractivity contribution in [2.75, 3.05) is 33.9 Å². The molecular formula is C17H25NO5. The van der Waals surface area contributed by atoms with Crippen LogP contribution in [0.3, 0.4) is 0 Å². The average Bonchev–Trinajstić information content (AvgIpc) is 2.54. The van der Waals surface area contributed by atoms with Crippen LogP contribution in [0.25, 0.3) is 0 Å². The Balaban J connectivity index is 2.75. The molecule has 0 aliphatic rings. The number of benzene rings is 1. The average molecular weight is 323 g/mol. The fourth-order valence-electron chi connectivity index (χ4n) is 1.98. The first-order valence-electron chi connectivity index (χ1n) is 7.59. The van der Waals surface area contributed by atoms with E-state index in [1.807, 2.05) is 13.8 Å². The van der Waals surface area contributed by atoms with Crippen LogP contribution in [0.4, 0.5) is 0 Å². The molecule has 0 heterocycles. The van der Waals surface area contributed by atoms with E-state index in [-0.39, 0.29) is 24.4 Å². The predicted octanol–water partition coefficient (Wildman–Crippen LogP) is 2.13. The molecule has 0 bridgehead atoms. The van der Waals surface area contributed by atoms with Crippen LogP contribution in [-0.4, -0.2) is 56.8 Å². The van der Waals surface area contributed by atoms with Gasteiger partial charge in [-0.1, -0.05) is 0 Å². The second kappa shape index (κ2) is 9.84. The second-order valence-corrected chi connectivity index (χ2v) is 5.30. The zero-order chi connectivity index (χ0) is 17.2. The molecule has 0 saturated heterocycles. The first kappa shape index (κ1) is 19.0. The zero-order valence-corrected chi connectivity index (χ0v) is 14.2. The van der Waals surface area contributed by atoms with Gasteiger partial charge in [-0.05, 0) is 38.1 Å². The molecule has 6 heteroatoms. The highest BCUT2D eigenvalue weighted by atomic mass is 16.5. The third-order valence-corrected chi connectivity index (χ3v) is 3.14. The van der Waals surface area contributed by atoms with Gasteiger partial charge >= 0.3 is 5.97 Å². The van der Waals surface area contributed by atoms with Crippen LogP contribution in [0.5, 0.6) is 5.75 Å². The van der Waals surface area contributed by atoms with E-state index in [1.165, 1.54) is 7.11 Å². The van der Waals surface area contributed by atoms with Crippen LogP contribution in [0.15, 0.2) is 24.3 Å². The van der Waals surface area contributed by atoms with Gasteiger partial charge in [-0.3, -0.25) is 9.59 Å². The maximum atomic E-state index is 12.6. The Morgan fingerprint density at radius 2 is 1.74 bits per heavy atom. The molecule has 0 saturated carbocycles. The predicted molar refractivity (Wildman–Crippen MR) is 86.6 cm³/mol. The quantitative estimate of drug-likeness (QED) is 0.651. The Labute approximate surface area is 137 Å². The summed E-state index contributed by atoms with van der Waals surface area (Å²) in [4.78, 5) is 25.4. The lowest BCUT2D eigenvalue weighted by Gasteiger charge is -2.22. The number of carbonyl (C=O) groups excluding carboxylic acids is 2. The first-order valence-corrected chi connectivity index (χ1v) is 7.59. The van der Waals surface area contributed by atoms with Gasteiger partial charge in [0, 0.05) is 25.8 Å². The fourth-order valence-corrected chi connectivity index (χ4v) is 1.98. The first-order chi connectivity index (χ1) is 11.0. The van der Waals surface area contributed by atoms with E-state index < -0.39 is 0 Å². The SMILES string of the molecule is COCCN(CCC(=O)OC)C(=O)c1ccc(OC(C)C)cc1. The number of rotatable bonds is 9. The summed E-state index contributed by atoms with van der Waals surface area (Å²) in [7, 11) is 2.90. The second-order valence-electron chi connectivity index (χ2n) is 5.30. The highest BCUT2D eigenvalue weighted by molar-refractivity contribution is 5.94. The molecule has 0 unspecified atom stereocenters. The van der Waals surface area contributed by atoms with Crippen molar-refractivity contribution in [3.05, 3.63) is 29.8 Å². The zero-order valence-electron chi connectivity index (χ0n) is 14.2. The van der Waals surface area contributed by atoms with Crippen molar-refractivity contribution < 1.29 is 23.8 Å². The molecule has 1 aromatic carbocycles. The summed E-state index contributed by atoms with van der Waals surface area (Å²) in [5.74, 6) is 0.220. The minimum absolute atomic E-state index is 0.0785. The molecule has 23 heavy (non-hydrogen) atoms. The molecule has 128 valence electrons. The van der Waals surface area contributed by atoms with Crippen LogP contribution in [-0.2, 0) is 14.3 Å². The molecule has 0 aromatic heterocycles. The highest BCUT2D eigenvalue weighted by Crippen LogP contribution is 2.15. The molecule has 0 aliphatic carbocycles. The van der Waals surface area contributed by atoms with E-state index in [4.69, 9.17) is 9.47 Å². The molecular weight excluding hydrogens is 298 g/mol. The summed E-state index contributed by atoms with van der Waals surface area (Å²) < 4.78 is 15.2. The topological polar surface area (TPSA) is 65.1 Å². The van der Waals surface area contributed by atoms with Gasteiger partial charge in [0.25, 0.3) is 5.91 Å². The number of hydrogen-bond donors (Lipinski definition) is 0. The Bertz CT molecular complexity index is 498. The van der Waals surface area contributed by atoms with Crippen LogP contribution in [0, 0.1) is 0 Å². The van der Waals surface area contributed by atoms with Gasteiger partial charge in [0.15, 0.2) is 0 Å². The van der Waals surface area contributed by atoms with Crippen LogP contribution in [0.1, 0.15) is 30.6 Å². The molecule has 0 N–H and O–H groups in total. The Morgan fingerprint density at radius 1 is 1.09 bits per heavy atom. The largest absolute Gasteiger partial charge is 0.491 e. The van der Waals surface area contributed by atoms with Crippen molar-refractivity contribution in [1.82, 2.24) is 4.90 Å². The highest BCUT2D eigenvalue weighted by Gasteiger charge is 2.17. The van der Waals surface area contributed by atoms with Crippen molar-refractivity contribution >= 4 is 11.9 Å². The fraction of sp³-hybridized carbons (Fsp3) is 0.529. The number of hydrogen-bond acceptors (Lipinski definition) is 5. The molecule has 6 nitrogen and oxygen atoms in total. The summed E-state index contributed by atoms with van der Waals surface area (Å²) in [5, 5.41) is 0. The summed E-state index contributed by atoms with van der Waals surface area (Å²) >= 11 is 0. The van der Waals surface area contributed by atoms with E-state index >= 15 is 0 Å². The Hall–Kier alpha value is -2.08. The molecule has 0 spiro atoms. The normalized spacial score (nSPS) is 10.5. The summed E-state index contributed by atoms with van der Waals surface area (Å²) in [6.45, 7) is 4.99. The number of esters is 1. The minimum atomic E-state index is -0.346. The molecule has 1 rings (SSSR count). The van der Waals surface area contributed by atoms with Crippen molar-refractivity contribution in [3.8, 4) is 5.75 Å². The third kappa shape index (κ3) is 6.69. The lowest BCUT2D eigenvalue weighted by Crippen LogP contribution is -2.35. The summed E-state index contributed by atoms with van der Waals surface area (Å²) in [6, 6.07) is 6.97. The summed E-state index contributed by atoms with van der Waals surface area (Å²) in [6.07, 6.45) is 0.232. The number of methoxy groups -OCH3 is 2. The van der Waals surface area contributed by atoms with Gasteiger partial charge in [-0.2, -0.15) is 0 Å². The summed E-state index contributed by atoms with van der Waals surface area (Å²) in [5.41, 5.74) is 0.544. The van der Waals surface area contributed by atoms with E-state index in [9.17, 15) is 9.59 Å². The van der Waals surface area contributed by atoms with Crippen molar-refractivity contribution in [3.63, 3.8) is 0 Å². The molecule has 1 aromatic rings. The standard InChI is InChI=1S/C17H25NO5/c1-13(2)23-15-7-5-14(6-8-15)17(20)18(11-12-21-3)10-9-16(19)22-4/h5-8,13H,9-12H2,1-4H3. The maximum absolute atomic E-state index is 12.6. The monoisotopic (exact) mass is 323 g/mol. The van der Waals surface area contributed by atoms with E-state index in [0.717, 1.165) is 5.75 Å². The lowest BCUT2D eigenvalue weighted by atomic mass is 10.2. The number of ether oxygens (including phenoxy) is 3. The Kier molecular flexibility index (Phi) is 8.11. The maximum Gasteiger partial charge on any atom is 0.307 e. The van der Waals surface area contributed by atoms with Gasteiger partial charge < -0.3 is 19.1 Å². The van der Waals surface area contributed by atoms with Crippen molar-refractivity contribution in [2.45, 2.75) is 26.4 Å². The van der Waals surface area contributed by atoms with Gasteiger partial charge in [0.2, 0.25) is 0 Å². The van der Waals surface area contributed by atoms with Crippen molar-refractivity contribution in [2.24, 2.45) is 0 Å². The number of carbonyl (C=O) groups is 2. The lowest BCUT2D eigenvalue weighted by molar-refractivity contribution is -0.140. The van der Waals surface area contributed by atoms with Gasteiger partial charge in [-0.25, -0.2) is 0 Å². The van der Waals surface area contributed by atoms with Crippen LogP contribution in [0.2, 0.25) is 0 Å². The molecule has 0 atom stereocenters. The van der Waals surface area contributed by atoms with E-state index in [2.05, 4.69) is 4.74 Å².